The molecule has 1 aromatic heterocycles. The van der Waals surface area contributed by atoms with E-state index in [-0.39, 0.29) is 0 Å². The molecule has 1 N–H and O–H groups in total. The summed E-state index contributed by atoms with van der Waals surface area (Å²) in [5, 5.41) is 3.53. The molecule has 1 aromatic rings. The van der Waals surface area contributed by atoms with E-state index in [9.17, 15) is 0 Å². The monoisotopic (exact) mass is 252 g/mol. The highest BCUT2D eigenvalue weighted by molar-refractivity contribution is 5.30. The van der Waals surface area contributed by atoms with Crippen molar-refractivity contribution in [3.05, 3.63) is 11.9 Å². The molecule has 1 aliphatic rings. The third-order valence-electron chi connectivity index (χ3n) is 3.59. The molecule has 0 aromatic carbocycles. The Balaban J connectivity index is 1.89. The maximum atomic E-state index is 5.68. The van der Waals surface area contributed by atoms with Crippen molar-refractivity contribution in [3.63, 3.8) is 0 Å². The molecule has 5 nitrogen and oxygen atoms in total. The maximum Gasteiger partial charge on any atom is 0.204 e. The second-order valence-corrected chi connectivity index (χ2v) is 5.22. The van der Waals surface area contributed by atoms with Crippen molar-refractivity contribution in [2.45, 2.75) is 38.5 Å². The van der Waals surface area contributed by atoms with Crippen LogP contribution in [-0.2, 0) is 18.3 Å². The molecule has 2 unspecified atom stereocenters. The number of hydrogen-bond acceptors (Lipinski definition) is 4. The predicted octanol–water partition coefficient (Wildman–Crippen LogP) is 1.14. The van der Waals surface area contributed by atoms with Crippen molar-refractivity contribution < 1.29 is 4.74 Å². The van der Waals surface area contributed by atoms with Crippen LogP contribution in [0.25, 0.3) is 0 Å². The van der Waals surface area contributed by atoms with Gasteiger partial charge >= 0.3 is 0 Å². The highest BCUT2D eigenvalue weighted by Crippen LogP contribution is 2.16. The summed E-state index contributed by atoms with van der Waals surface area (Å²) in [6.45, 7) is 3.94. The average Bonchev–Trinajstić information content (AvgIpc) is 2.95. The van der Waals surface area contributed by atoms with Gasteiger partial charge in [0.1, 0.15) is 0 Å². The third-order valence-corrected chi connectivity index (χ3v) is 3.59. The van der Waals surface area contributed by atoms with Crippen LogP contribution in [0, 0.1) is 0 Å². The summed E-state index contributed by atoms with van der Waals surface area (Å²) in [5.41, 5.74) is 1.20. The molecular formula is C13H24N4O. The van der Waals surface area contributed by atoms with Crippen LogP contribution in [0.4, 0.5) is 5.95 Å². The van der Waals surface area contributed by atoms with Gasteiger partial charge in [-0.05, 0) is 19.8 Å². The first-order chi connectivity index (χ1) is 8.59. The Morgan fingerprint density at radius 3 is 2.94 bits per heavy atom. The van der Waals surface area contributed by atoms with Gasteiger partial charge in [0, 0.05) is 40.3 Å². The molecule has 0 radical (unpaired) electrons. The summed E-state index contributed by atoms with van der Waals surface area (Å²) >= 11 is 0. The van der Waals surface area contributed by atoms with Crippen molar-refractivity contribution in [2.75, 3.05) is 25.6 Å². The van der Waals surface area contributed by atoms with Gasteiger partial charge in [0.25, 0.3) is 0 Å². The molecule has 1 saturated heterocycles. The van der Waals surface area contributed by atoms with E-state index in [1.165, 1.54) is 18.5 Å². The molecule has 102 valence electrons. The van der Waals surface area contributed by atoms with Gasteiger partial charge in [-0.1, -0.05) is 0 Å². The highest BCUT2D eigenvalue weighted by Gasteiger charge is 2.22. The SMILES string of the molecule is CC(NCc1cnc(N(C)C)n1C)C1CCCO1. The molecule has 1 aliphatic heterocycles. The zero-order valence-electron chi connectivity index (χ0n) is 11.8. The second-order valence-electron chi connectivity index (χ2n) is 5.22. The van der Waals surface area contributed by atoms with Gasteiger partial charge in [-0.3, -0.25) is 0 Å². The molecule has 18 heavy (non-hydrogen) atoms. The first-order valence-corrected chi connectivity index (χ1v) is 6.62. The van der Waals surface area contributed by atoms with Crippen LogP contribution in [0.2, 0.25) is 0 Å². The lowest BCUT2D eigenvalue weighted by Gasteiger charge is -2.20. The van der Waals surface area contributed by atoms with Gasteiger partial charge in [-0.15, -0.1) is 0 Å². The van der Waals surface area contributed by atoms with Crippen molar-refractivity contribution in [1.82, 2.24) is 14.9 Å². The summed E-state index contributed by atoms with van der Waals surface area (Å²) < 4.78 is 7.80. The van der Waals surface area contributed by atoms with E-state index in [1.807, 2.05) is 25.2 Å². The predicted molar refractivity (Wildman–Crippen MR) is 72.8 cm³/mol. The Bertz CT molecular complexity index is 382. The summed E-state index contributed by atoms with van der Waals surface area (Å²) in [7, 11) is 6.07. The summed E-state index contributed by atoms with van der Waals surface area (Å²) in [6.07, 6.45) is 4.66. The van der Waals surface area contributed by atoms with Crippen LogP contribution in [0.1, 0.15) is 25.5 Å². The van der Waals surface area contributed by atoms with Crippen molar-refractivity contribution in [3.8, 4) is 0 Å². The molecule has 0 aliphatic carbocycles. The quantitative estimate of drug-likeness (QED) is 0.853. The van der Waals surface area contributed by atoms with Crippen molar-refractivity contribution in [1.29, 1.82) is 0 Å². The zero-order chi connectivity index (χ0) is 13.1. The largest absolute Gasteiger partial charge is 0.377 e. The van der Waals surface area contributed by atoms with Crippen LogP contribution in [0.15, 0.2) is 6.20 Å². The Morgan fingerprint density at radius 1 is 1.61 bits per heavy atom. The first kappa shape index (κ1) is 13.4. The average molecular weight is 252 g/mol. The number of anilines is 1. The lowest BCUT2D eigenvalue weighted by atomic mass is 10.1. The van der Waals surface area contributed by atoms with E-state index >= 15 is 0 Å². The lowest BCUT2D eigenvalue weighted by molar-refractivity contribution is 0.0830. The molecular weight excluding hydrogens is 228 g/mol. The summed E-state index contributed by atoms with van der Waals surface area (Å²) in [5.74, 6) is 0.983. The van der Waals surface area contributed by atoms with Crippen LogP contribution >= 0.6 is 0 Å². The normalized spacial score (nSPS) is 21.2. The molecule has 0 saturated carbocycles. The van der Waals surface area contributed by atoms with Gasteiger partial charge in [-0.2, -0.15) is 0 Å². The Kier molecular flexibility index (Phi) is 4.24. The van der Waals surface area contributed by atoms with Gasteiger partial charge in [0.05, 0.1) is 18.0 Å². The minimum atomic E-state index is 0.367. The van der Waals surface area contributed by atoms with Crippen LogP contribution in [0.5, 0.6) is 0 Å². The smallest absolute Gasteiger partial charge is 0.204 e. The van der Waals surface area contributed by atoms with E-state index in [1.54, 1.807) is 0 Å². The van der Waals surface area contributed by atoms with Gasteiger partial charge < -0.3 is 19.5 Å². The van der Waals surface area contributed by atoms with Gasteiger partial charge in [0.2, 0.25) is 5.95 Å². The molecule has 0 spiro atoms. The topological polar surface area (TPSA) is 42.3 Å². The second kappa shape index (κ2) is 5.71. The number of rotatable bonds is 5. The van der Waals surface area contributed by atoms with Crippen LogP contribution in [-0.4, -0.2) is 42.4 Å². The highest BCUT2D eigenvalue weighted by atomic mass is 16.5. The Labute approximate surface area is 109 Å². The lowest BCUT2D eigenvalue weighted by Crippen LogP contribution is -2.36. The molecule has 2 heterocycles. The number of imidazole rings is 1. The number of nitrogens with one attached hydrogen (secondary N) is 1. The first-order valence-electron chi connectivity index (χ1n) is 6.62. The van der Waals surface area contributed by atoms with E-state index in [4.69, 9.17) is 4.74 Å². The van der Waals surface area contributed by atoms with E-state index in [2.05, 4.69) is 28.8 Å². The standard InChI is InChI=1S/C13H24N4O/c1-10(12-6-5-7-18-12)14-8-11-9-15-13(16(2)3)17(11)4/h9-10,12,14H,5-8H2,1-4H3. The third kappa shape index (κ3) is 2.84. The number of ether oxygens (including phenoxy) is 1. The van der Waals surface area contributed by atoms with Crippen LogP contribution < -0.4 is 10.2 Å². The molecule has 0 bridgehead atoms. The number of aromatic nitrogens is 2. The molecule has 2 rings (SSSR count). The minimum Gasteiger partial charge on any atom is -0.377 e. The zero-order valence-corrected chi connectivity index (χ0v) is 11.8. The minimum absolute atomic E-state index is 0.367. The molecule has 5 heteroatoms. The van der Waals surface area contributed by atoms with Gasteiger partial charge in [0.15, 0.2) is 0 Å². The fourth-order valence-corrected chi connectivity index (χ4v) is 2.41. The summed E-state index contributed by atoms with van der Waals surface area (Å²) in [4.78, 5) is 6.43. The maximum absolute atomic E-state index is 5.68. The van der Waals surface area contributed by atoms with Crippen molar-refractivity contribution >= 4 is 5.95 Å². The number of nitrogens with zero attached hydrogens (tertiary/aromatic N) is 3. The Morgan fingerprint density at radius 2 is 2.39 bits per heavy atom. The Hall–Kier alpha value is -1.07. The van der Waals surface area contributed by atoms with Crippen molar-refractivity contribution in [2.24, 2.45) is 7.05 Å². The van der Waals surface area contributed by atoms with E-state index in [0.29, 0.717) is 12.1 Å². The number of hydrogen-bond donors (Lipinski definition) is 1. The van der Waals surface area contributed by atoms with Crippen LogP contribution in [0.3, 0.4) is 0 Å². The fraction of sp³-hybridized carbons (Fsp3) is 0.769. The van der Waals surface area contributed by atoms with E-state index < -0.39 is 0 Å². The summed E-state index contributed by atoms with van der Waals surface area (Å²) in [6, 6.07) is 0.394. The fourth-order valence-electron chi connectivity index (χ4n) is 2.41. The molecule has 1 fully saturated rings. The molecule has 2 atom stereocenters. The van der Waals surface area contributed by atoms with Gasteiger partial charge in [-0.25, -0.2) is 4.98 Å². The molecule has 0 amide bonds. The van der Waals surface area contributed by atoms with E-state index in [0.717, 1.165) is 19.1 Å².